The first-order valence-electron chi connectivity index (χ1n) is 8.60. The van der Waals surface area contributed by atoms with Crippen LogP contribution in [-0.2, 0) is 0 Å². The van der Waals surface area contributed by atoms with Gasteiger partial charge < -0.3 is 14.8 Å². The molecule has 2 aromatic carbocycles. The molecule has 0 aliphatic rings. The number of nitrogens with zero attached hydrogens (tertiary/aromatic N) is 5. The number of hydrogen-bond donors (Lipinski definition) is 1. The van der Waals surface area contributed by atoms with Gasteiger partial charge in [-0.1, -0.05) is 22.9 Å². The van der Waals surface area contributed by atoms with Crippen molar-refractivity contribution >= 4 is 34.0 Å². The summed E-state index contributed by atoms with van der Waals surface area (Å²) in [6.45, 7) is 1.92. The van der Waals surface area contributed by atoms with Gasteiger partial charge in [-0.15, -0.1) is 5.10 Å². The summed E-state index contributed by atoms with van der Waals surface area (Å²) in [6.07, 6.45) is 0. The highest BCUT2D eigenvalue weighted by Crippen LogP contribution is 2.32. The number of benzene rings is 2. The van der Waals surface area contributed by atoms with Crippen LogP contribution in [0.4, 0.5) is 10.8 Å². The first kappa shape index (κ1) is 19.2. The van der Waals surface area contributed by atoms with Crippen molar-refractivity contribution in [2.75, 3.05) is 19.5 Å². The predicted molar refractivity (Wildman–Crippen MR) is 113 cm³/mol. The summed E-state index contributed by atoms with van der Waals surface area (Å²) in [7, 11) is 3.19. The largest absolute Gasteiger partial charge is 0.493 e. The van der Waals surface area contributed by atoms with E-state index in [1.807, 2.05) is 49.4 Å². The number of methoxy groups -OCH3 is 2. The number of aromatic nitrogens is 5. The molecule has 0 fully saturated rings. The van der Waals surface area contributed by atoms with Crippen molar-refractivity contribution in [1.82, 2.24) is 24.4 Å². The molecule has 4 rings (SSSR count). The Balaban J connectivity index is 1.59. The van der Waals surface area contributed by atoms with E-state index < -0.39 is 0 Å². The van der Waals surface area contributed by atoms with E-state index in [4.69, 9.17) is 21.1 Å². The molecule has 0 spiro atoms. The molecule has 0 aliphatic carbocycles. The molecule has 0 aliphatic heterocycles. The van der Waals surface area contributed by atoms with Crippen LogP contribution >= 0.6 is 23.1 Å². The van der Waals surface area contributed by atoms with Crippen molar-refractivity contribution in [3.8, 4) is 28.7 Å². The highest BCUT2D eigenvalue weighted by Gasteiger charge is 2.17. The van der Waals surface area contributed by atoms with Gasteiger partial charge in [0.2, 0.25) is 5.13 Å². The number of nitrogens with one attached hydrogen (secondary N) is 1. The number of ether oxygens (including phenoxy) is 2. The lowest BCUT2D eigenvalue weighted by Gasteiger charge is -2.09. The van der Waals surface area contributed by atoms with Crippen molar-refractivity contribution in [2.24, 2.45) is 0 Å². The quantitative estimate of drug-likeness (QED) is 0.483. The zero-order chi connectivity index (χ0) is 20.4. The first-order chi connectivity index (χ1) is 14.1. The molecule has 0 saturated carbocycles. The summed E-state index contributed by atoms with van der Waals surface area (Å²) in [5.41, 5.74) is 3.07. The van der Waals surface area contributed by atoms with Gasteiger partial charge in [-0.25, -0.2) is 4.68 Å². The lowest BCUT2D eigenvalue weighted by molar-refractivity contribution is 0.355. The van der Waals surface area contributed by atoms with Gasteiger partial charge in [0.1, 0.15) is 0 Å². The van der Waals surface area contributed by atoms with Gasteiger partial charge in [-0.2, -0.15) is 9.36 Å². The maximum Gasteiger partial charge on any atom is 0.207 e. The molecule has 1 N–H and O–H groups in total. The van der Waals surface area contributed by atoms with Crippen LogP contribution < -0.4 is 14.8 Å². The van der Waals surface area contributed by atoms with E-state index in [0.717, 1.165) is 17.1 Å². The SMILES string of the molecule is COc1ccc(Nc2nc(-c3nnn(-c4cccc(Cl)c4)c3C)ns2)cc1OC. The van der Waals surface area contributed by atoms with E-state index in [-0.39, 0.29) is 0 Å². The minimum Gasteiger partial charge on any atom is -0.493 e. The third-order valence-corrected chi connectivity index (χ3v) is 5.09. The Kier molecular flexibility index (Phi) is 5.32. The molecular weight excluding hydrogens is 412 g/mol. The molecule has 10 heteroatoms. The maximum atomic E-state index is 6.08. The smallest absolute Gasteiger partial charge is 0.207 e. The van der Waals surface area contributed by atoms with E-state index >= 15 is 0 Å². The van der Waals surface area contributed by atoms with Crippen LogP contribution in [0.2, 0.25) is 5.02 Å². The molecular formula is C19H17ClN6O2S. The maximum absolute atomic E-state index is 6.08. The van der Waals surface area contributed by atoms with Crippen LogP contribution in [0.25, 0.3) is 17.2 Å². The third-order valence-electron chi connectivity index (χ3n) is 4.22. The number of anilines is 2. The number of rotatable bonds is 6. The van der Waals surface area contributed by atoms with Crippen molar-refractivity contribution in [2.45, 2.75) is 6.92 Å². The van der Waals surface area contributed by atoms with Crippen molar-refractivity contribution in [1.29, 1.82) is 0 Å². The normalized spacial score (nSPS) is 10.8. The number of hydrogen-bond acceptors (Lipinski definition) is 8. The fraction of sp³-hybridized carbons (Fsp3) is 0.158. The van der Waals surface area contributed by atoms with E-state index in [1.54, 1.807) is 18.9 Å². The molecule has 0 radical (unpaired) electrons. The Labute approximate surface area is 176 Å². The topological polar surface area (TPSA) is 87.0 Å². The van der Waals surface area contributed by atoms with Crippen molar-refractivity contribution in [3.05, 3.63) is 53.2 Å². The molecule has 0 saturated heterocycles. The van der Waals surface area contributed by atoms with Crippen LogP contribution in [0.5, 0.6) is 11.5 Å². The molecule has 2 heterocycles. The van der Waals surface area contributed by atoms with Gasteiger partial charge in [-0.05, 0) is 37.3 Å². The Morgan fingerprint density at radius 3 is 2.66 bits per heavy atom. The molecule has 0 atom stereocenters. The zero-order valence-corrected chi connectivity index (χ0v) is 17.5. The second-order valence-corrected chi connectivity index (χ2v) is 7.22. The van der Waals surface area contributed by atoms with Crippen molar-refractivity contribution < 1.29 is 9.47 Å². The van der Waals surface area contributed by atoms with Crippen LogP contribution in [-0.4, -0.2) is 38.6 Å². The summed E-state index contributed by atoms with van der Waals surface area (Å²) < 4.78 is 16.7. The highest BCUT2D eigenvalue weighted by atomic mass is 35.5. The summed E-state index contributed by atoms with van der Waals surface area (Å²) in [6, 6.07) is 13.0. The molecule has 0 bridgehead atoms. The van der Waals surface area contributed by atoms with Gasteiger partial charge >= 0.3 is 0 Å². The molecule has 148 valence electrons. The first-order valence-corrected chi connectivity index (χ1v) is 9.75. The zero-order valence-electron chi connectivity index (χ0n) is 15.9. The monoisotopic (exact) mass is 428 g/mol. The third kappa shape index (κ3) is 3.87. The summed E-state index contributed by atoms with van der Waals surface area (Å²) in [5, 5.41) is 13.0. The molecule has 0 unspecified atom stereocenters. The van der Waals surface area contributed by atoms with Gasteiger partial charge in [0.05, 0.1) is 25.6 Å². The minimum absolute atomic E-state index is 0.503. The minimum atomic E-state index is 0.503. The summed E-state index contributed by atoms with van der Waals surface area (Å²) >= 11 is 7.32. The molecule has 4 aromatic rings. The lowest BCUT2D eigenvalue weighted by Crippen LogP contribution is -1.99. The Hall–Kier alpha value is -3.17. The Bertz CT molecular complexity index is 1160. The fourth-order valence-electron chi connectivity index (χ4n) is 2.80. The molecule has 0 amide bonds. The second-order valence-electron chi connectivity index (χ2n) is 6.03. The van der Waals surface area contributed by atoms with E-state index in [1.165, 1.54) is 11.5 Å². The average Bonchev–Trinajstić information content (AvgIpc) is 3.34. The summed E-state index contributed by atoms with van der Waals surface area (Å²) in [5.74, 6) is 1.79. The Morgan fingerprint density at radius 1 is 1.07 bits per heavy atom. The second kappa shape index (κ2) is 8.06. The molecule has 29 heavy (non-hydrogen) atoms. The van der Waals surface area contributed by atoms with Crippen LogP contribution in [0, 0.1) is 6.92 Å². The Morgan fingerprint density at radius 2 is 1.90 bits per heavy atom. The van der Waals surface area contributed by atoms with E-state index in [0.29, 0.717) is 33.2 Å². The highest BCUT2D eigenvalue weighted by molar-refractivity contribution is 7.09. The van der Waals surface area contributed by atoms with Gasteiger partial charge in [0.25, 0.3) is 0 Å². The standard InChI is InChI=1S/C19H17ClN6O2S/c1-11-17(23-25-26(11)14-6-4-5-12(20)9-14)18-22-19(29-24-18)21-13-7-8-15(27-2)16(10-13)28-3/h4-10H,1-3H3,(H,21,22,24). The molecule has 8 nitrogen and oxygen atoms in total. The van der Waals surface area contributed by atoms with Crippen LogP contribution in [0.15, 0.2) is 42.5 Å². The van der Waals surface area contributed by atoms with E-state index in [2.05, 4.69) is 25.0 Å². The average molecular weight is 429 g/mol. The van der Waals surface area contributed by atoms with Gasteiger partial charge in [-0.3, -0.25) is 0 Å². The lowest BCUT2D eigenvalue weighted by atomic mass is 10.3. The fourth-order valence-corrected chi connectivity index (χ4v) is 3.57. The van der Waals surface area contributed by atoms with Gasteiger partial charge in [0.15, 0.2) is 23.0 Å². The van der Waals surface area contributed by atoms with E-state index in [9.17, 15) is 0 Å². The number of halogens is 1. The summed E-state index contributed by atoms with van der Waals surface area (Å²) in [4.78, 5) is 4.54. The van der Waals surface area contributed by atoms with Crippen LogP contribution in [0.1, 0.15) is 5.69 Å². The van der Waals surface area contributed by atoms with Crippen LogP contribution in [0.3, 0.4) is 0 Å². The van der Waals surface area contributed by atoms with Gasteiger partial charge in [0, 0.05) is 28.3 Å². The molecule has 2 aromatic heterocycles. The predicted octanol–water partition coefficient (Wildman–Crippen LogP) is 4.51. The van der Waals surface area contributed by atoms with Crippen molar-refractivity contribution in [3.63, 3.8) is 0 Å².